The highest BCUT2D eigenvalue weighted by Gasteiger charge is 2.19. The summed E-state index contributed by atoms with van der Waals surface area (Å²) in [5, 5.41) is 0. The number of ether oxygens (including phenoxy) is 2. The van der Waals surface area contributed by atoms with E-state index in [0.717, 1.165) is 0 Å². The van der Waals surface area contributed by atoms with Gasteiger partial charge in [0.25, 0.3) is 0 Å². The van der Waals surface area contributed by atoms with Gasteiger partial charge in [0.15, 0.2) is 0 Å². The van der Waals surface area contributed by atoms with Gasteiger partial charge < -0.3 is 20.9 Å². The van der Waals surface area contributed by atoms with Crippen LogP contribution in [0, 0.1) is 0 Å². The lowest BCUT2D eigenvalue weighted by molar-refractivity contribution is 0.0725. The number of nitrogens with two attached hydrogens (primary N) is 2. The Morgan fingerprint density at radius 2 is 0.829 bits per heavy atom. The third-order valence-electron chi connectivity index (χ3n) is 4.98. The molecule has 0 saturated heterocycles. The molecule has 35 heavy (non-hydrogen) atoms. The Hall–Kier alpha value is -4.63. The van der Waals surface area contributed by atoms with E-state index in [1.54, 1.807) is 24.3 Å². The van der Waals surface area contributed by atoms with E-state index in [1.807, 2.05) is 0 Å². The summed E-state index contributed by atoms with van der Waals surface area (Å²) in [6.45, 7) is 0. The molecule has 0 aromatic heterocycles. The molecule has 0 aliphatic carbocycles. The summed E-state index contributed by atoms with van der Waals surface area (Å²) in [5.41, 5.74) is 12.9. The maximum Gasteiger partial charge on any atom is 0.343 e. The Bertz CT molecular complexity index is 1350. The van der Waals surface area contributed by atoms with E-state index >= 15 is 0 Å². The standard InChI is InChI=1S/C26H20N2O6S/c27-19-5-1-17(2-6-19)25(29)33-21-9-13-23(14-10-21)35(31,32)24-15-11-22(12-16-24)34-26(30)18-3-7-20(28)8-4-18/h1-16H,27-28H2. The SMILES string of the molecule is Nc1ccc(C(=O)Oc2ccc(S(=O)(=O)c3ccc(OC(=O)c4ccc(N)cc4)cc3)cc2)cc1. The Balaban J connectivity index is 1.44. The van der Waals surface area contributed by atoms with Crippen LogP contribution in [-0.2, 0) is 9.84 Å². The van der Waals surface area contributed by atoms with E-state index in [4.69, 9.17) is 20.9 Å². The molecule has 4 aromatic carbocycles. The van der Waals surface area contributed by atoms with Crippen molar-refractivity contribution in [3.8, 4) is 11.5 Å². The fourth-order valence-corrected chi connectivity index (χ4v) is 4.34. The molecular formula is C26H20N2O6S. The molecule has 176 valence electrons. The molecule has 9 heteroatoms. The van der Waals surface area contributed by atoms with Crippen LogP contribution in [0.25, 0.3) is 0 Å². The first-order valence-electron chi connectivity index (χ1n) is 10.3. The average Bonchev–Trinajstić information content (AvgIpc) is 2.85. The highest BCUT2D eigenvalue weighted by molar-refractivity contribution is 7.91. The van der Waals surface area contributed by atoms with Crippen molar-refractivity contribution in [2.75, 3.05) is 11.5 Å². The van der Waals surface area contributed by atoms with Gasteiger partial charge in [0, 0.05) is 11.4 Å². The predicted octanol–water partition coefficient (Wildman–Crippen LogP) is 4.12. The molecule has 0 unspecified atom stereocenters. The summed E-state index contributed by atoms with van der Waals surface area (Å²) in [4.78, 5) is 24.5. The van der Waals surface area contributed by atoms with Gasteiger partial charge in [-0.1, -0.05) is 0 Å². The second-order valence-corrected chi connectivity index (χ2v) is 9.42. The smallest absolute Gasteiger partial charge is 0.343 e. The van der Waals surface area contributed by atoms with Gasteiger partial charge in [0.05, 0.1) is 20.9 Å². The molecule has 4 rings (SSSR count). The summed E-state index contributed by atoms with van der Waals surface area (Å²) >= 11 is 0. The third-order valence-corrected chi connectivity index (χ3v) is 6.77. The molecule has 8 nitrogen and oxygen atoms in total. The van der Waals surface area contributed by atoms with Crippen LogP contribution in [0.4, 0.5) is 11.4 Å². The van der Waals surface area contributed by atoms with Crippen LogP contribution in [0.1, 0.15) is 20.7 Å². The molecule has 0 aliphatic heterocycles. The summed E-state index contributed by atoms with van der Waals surface area (Å²) in [6, 6.07) is 23.4. The molecule has 0 radical (unpaired) electrons. The van der Waals surface area contributed by atoms with Crippen molar-refractivity contribution in [1.29, 1.82) is 0 Å². The van der Waals surface area contributed by atoms with Crippen molar-refractivity contribution < 1.29 is 27.5 Å². The Labute approximate surface area is 201 Å². The molecular weight excluding hydrogens is 468 g/mol. The minimum Gasteiger partial charge on any atom is -0.423 e. The van der Waals surface area contributed by atoms with Gasteiger partial charge in [-0.3, -0.25) is 0 Å². The minimum atomic E-state index is -3.85. The largest absolute Gasteiger partial charge is 0.423 e. The van der Waals surface area contributed by atoms with Crippen LogP contribution in [0.3, 0.4) is 0 Å². The molecule has 0 bridgehead atoms. The lowest BCUT2D eigenvalue weighted by Gasteiger charge is -2.09. The fraction of sp³-hybridized carbons (Fsp3) is 0. The third kappa shape index (κ3) is 5.48. The first-order valence-corrected chi connectivity index (χ1v) is 11.8. The summed E-state index contributed by atoms with van der Waals surface area (Å²) in [6.07, 6.45) is 0. The molecule has 0 aliphatic rings. The van der Waals surface area contributed by atoms with E-state index in [0.29, 0.717) is 22.5 Å². The maximum absolute atomic E-state index is 13.0. The fourth-order valence-electron chi connectivity index (χ4n) is 3.08. The van der Waals surface area contributed by atoms with Crippen LogP contribution < -0.4 is 20.9 Å². The second-order valence-electron chi connectivity index (χ2n) is 7.47. The lowest BCUT2D eigenvalue weighted by atomic mass is 10.2. The number of esters is 2. The highest BCUT2D eigenvalue weighted by Crippen LogP contribution is 2.25. The van der Waals surface area contributed by atoms with Crippen LogP contribution >= 0.6 is 0 Å². The number of hydrogen-bond donors (Lipinski definition) is 2. The number of rotatable bonds is 6. The van der Waals surface area contributed by atoms with Crippen molar-refractivity contribution in [1.82, 2.24) is 0 Å². The highest BCUT2D eigenvalue weighted by atomic mass is 32.2. The molecule has 0 saturated carbocycles. The molecule has 0 amide bonds. The number of carbonyl (C=O) groups is 2. The minimum absolute atomic E-state index is 0.0106. The average molecular weight is 489 g/mol. The molecule has 0 fully saturated rings. The molecule has 0 atom stereocenters. The Kier molecular flexibility index (Phi) is 6.52. The van der Waals surface area contributed by atoms with Crippen LogP contribution in [0.2, 0.25) is 0 Å². The van der Waals surface area contributed by atoms with Crippen molar-refractivity contribution in [2.24, 2.45) is 0 Å². The first-order chi connectivity index (χ1) is 16.7. The number of anilines is 2. The molecule has 4 N–H and O–H groups in total. The second kappa shape index (κ2) is 9.70. The predicted molar refractivity (Wildman–Crippen MR) is 130 cm³/mol. The summed E-state index contributed by atoms with van der Waals surface area (Å²) in [7, 11) is -3.85. The van der Waals surface area contributed by atoms with Gasteiger partial charge >= 0.3 is 11.9 Å². The Morgan fingerprint density at radius 3 is 1.14 bits per heavy atom. The zero-order chi connectivity index (χ0) is 25.0. The zero-order valence-corrected chi connectivity index (χ0v) is 19.1. The van der Waals surface area contributed by atoms with Crippen LogP contribution in [0.15, 0.2) is 107 Å². The number of nitrogen functional groups attached to an aromatic ring is 2. The lowest BCUT2D eigenvalue weighted by Crippen LogP contribution is -2.09. The first kappa shape index (κ1) is 23.5. The van der Waals surface area contributed by atoms with Gasteiger partial charge in [0.2, 0.25) is 9.84 Å². The van der Waals surface area contributed by atoms with Crippen molar-refractivity contribution >= 4 is 33.2 Å². The number of sulfone groups is 1. The van der Waals surface area contributed by atoms with Gasteiger partial charge in [-0.2, -0.15) is 0 Å². The van der Waals surface area contributed by atoms with Crippen molar-refractivity contribution in [2.45, 2.75) is 9.79 Å². The quantitative estimate of drug-likeness (QED) is 0.235. The van der Waals surface area contributed by atoms with E-state index in [-0.39, 0.29) is 21.3 Å². The van der Waals surface area contributed by atoms with Crippen LogP contribution in [-0.4, -0.2) is 20.4 Å². The van der Waals surface area contributed by atoms with E-state index in [1.165, 1.54) is 72.8 Å². The normalized spacial score (nSPS) is 11.0. The van der Waals surface area contributed by atoms with Gasteiger partial charge in [-0.15, -0.1) is 0 Å². The van der Waals surface area contributed by atoms with Gasteiger partial charge in [0.1, 0.15) is 11.5 Å². The van der Waals surface area contributed by atoms with Gasteiger partial charge in [-0.25, -0.2) is 18.0 Å². The summed E-state index contributed by atoms with van der Waals surface area (Å²) in [5.74, 6) is -0.805. The molecule has 4 aromatic rings. The van der Waals surface area contributed by atoms with E-state index in [2.05, 4.69) is 0 Å². The van der Waals surface area contributed by atoms with Gasteiger partial charge in [-0.05, 0) is 97.1 Å². The zero-order valence-electron chi connectivity index (χ0n) is 18.3. The van der Waals surface area contributed by atoms with Crippen LogP contribution in [0.5, 0.6) is 11.5 Å². The van der Waals surface area contributed by atoms with E-state index < -0.39 is 21.8 Å². The number of carbonyl (C=O) groups excluding carboxylic acids is 2. The summed E-state index contributed by atoms with van der Waals surface area (Å²) < 4.78 is 36.5. The maximum atomic E-state index is 13.0. The topological polar surface area (TPSA) is 139 Å². The molecule has 0 heterocycles. The number of hydrogen-bond acceptors (Lipinski definition) is 8. The monoisotopic (exact) mass is 488 g/mol. The molecule has 0 spiro atoms. The van der Waals surface area contributed by atoms with Crippen molar-refractivity contribution in [3.05, 3.63) is 108 Å². The number of benzene rings is 4. The van der Waals surface area contributed by atoms with E-state index in [9.17, 15) is 18.0 Å². The Morgan fingerprint density at radius 1 is 0.514 bits per heavy atom. The van der Waals surface area contributed by atoms with Crippen molar-refractivity contribution in [3.63, 3.8) is 0 Å².